The Bertz CT molecular complexity index is 133. The molecule has 2 heteroatoms. The number of amides is 1. The van der Waals surface area contributed by atoms with Crippen LogP contribution in [-0.2, 0) is 4.79 Å². The molecule has 58 valence electrons. The maximum absolute atomic E-state index is 11.1. The molecule has 0 bridgehead atoms. The zero-order valence-corrected chi connectivity index (χ0v) is 6.76. The summed E-state index contributed by atoms with van der Waals surface area (Å²) in [4.78, 5) is 13.0. The molecule has 1 aliphatic rings. The van der Waals surface area contributed by atoms with Crippen molar-refractivity contribution >= 4 is 5.91 Å². The first kappa shape index (κ1) is 7.58. The molecule has 0 radical (unpaired) electrons. The lowest BCUT2D eigenvalue weighted by molar-refractivity contribution is -0.127. The Labute approximate surface area is 62.2 Å². The summed E-state index contributed by atoms with van der Waals surface area (Å²) in [7, 11) is 0. The van der Waals surface area contributed by atoms with Crippen LogP contribution in [0.15, 0.2) is 0 Å². The van der Waals surface area contributed by atoms with Gasteiger partial charge in [-0.1, -0.05) is 13.3 Å². The van der Waals surface area contributed by atoms with Gasteiger partial charge in [-0.15, -0.1) is 0 Å². The van der Waals surface area contributed by atoms with E-state index in [-0.39, 0.29) is 0 Å². The third-order valence-electron chi connectivity index (χ3n) is 2.25. The molecule has 0 N–H and O–H groups in total. The molecule has 0 saturated carbocycles. The van der Waals surface area contributed by atoms with Gasteiger partial charge in [0.05, 0.1) is 0 Å². The van der Waals surface area contributed by atoms with Crippen molar-refractivity contribution < 1.29 is 4.79 Å². The number of hydrogen-bond acceptors (Lipinski definition) is 1. The lowest BCUT2D eigenvalue weighted by Gasteiger charge is -2.12. The summed E-state index contributed by atoms with van der Waals surface area (Å²) in [6.07, 6.45) is 1.92. The normalized spacial score (nSPS) is 26.0. The summed E-state index contributed by atoms with van der Waals surface area (Å²) in [5, 5.41) is 0. The Morgan fingerprint density at radius 3 is 2.60 bits per heavy atom. The van der Waals surface area contributed by atoms with Gasteiger partial charge >= 0.3 is 0 Å². The Morgan fingerprint density at radius 1 is 1.60 bits per heavy atom. The average Bonchev–Trinajstić information content (AvgIpc) is 2.30. The highest BCUT2D eigenvalue weighted by Gasteiger charge is 2.26. The first-order chi connectivity index (χ1) is 4.77. The number of hydrogen-bond donors (Lipinski definition) is 0. The largest absolute Gasteiger partial charge is 0.343 e. The van der Waals surface area contributed by atoms with Gasteiger partial charge in [0.25, 0.3) is 0 Å². The van der Waals surface area contributed by atoms with Gasteiger partial charge in [-0.3, -0.25) is 4.79 Å². The number of likely N-dealkylation sites (tertiary alicyclic amines) is 1. The number of rotatable bonds is 2. The van der Waals surface area contributed by atoms with Crippen molar-refractivity contribution in [1.29, 1.82) is 0 Å². The van der Waals surface area contributed by atoms with E-state index >= 15 is 0 Å². The third kappa shape index (κ3) is 1.31. The van der Waals surface area contributed by atoms with Crippen LogP contribution in [0, 0.1) is 5.92 Å². The summed E-state index contributed by atoms with van der Waals surface area (Å²) in [6, 6.07) is 0. The second-order valence-electron chi connectivity index (χ2n) is 2.91. The molecule has 1 aliphatic heterocycles. The lowest BCUT2D eigenvalue weighted by atomic mass is 10.1. The molecule has 1 amide bonds. The van der Waals surface area contributed by atoms with E-state index in [1.807, 2.05) is 11.8 Å². The molecule has 0 aromatic rings. The topological polar surface area (TPSA) is 20.3 Å². The maximum Gasteiger partial charge on any atom is 0.222 e. The molecular weight excluding hydrogens is 126 g/mol. The first-order valence-corrected chi connectivity index (χ1v) is 4.05. The van der Waals surface area contributed by atoms with E-state index in [1.165, 1.54) is 0 Å². The van der Waals surface area contributed by atoms with E-state index in [1.54, 1.807) is 0 Å². The molecule has 0 aromatic carbocycles. The summed E-state index contributed by atoms with van der Waals surface area (Å²) in [5.41, 5.74) is 0. The van der Waals surface area contributed by atoms with Crippen LogP contribution < -0.4 is 0 Å². The Morgan fingerprint density at radius 2 is 2.30 bits per heavy atom. The smallest absolute Gasteiger partial charge is 0.222 e. The fourth-order valence-corrected chi connectivity index (χ4v) is 1.43. The van der Waals surface area contributed by atoms with Crippen LogP contribution in [-0.4, -0.2) is 23.9 Å². The summed E-state index contributed by atoms with van der Waals surface area (Å²) in [6.45, 7) is 6.06. The van der Waals surface area contributed by atoms with Gasteiger partial charge in [-0.05, 0) is 12.8 Å². The minimum absolute atomic E-state index is 0.342. The monoisotopic (exact) mass is 141 g/mol. The minimum atomic E-state index is 0.342. The van der Waals surface area contributed by atoms with Crippen LogP contribution in [0.4, 0.5) is 0 Å². The Kier molecular flexibility index (Phi) is 2.30. The molecule has 0 aliphatic carbocycles. The SMILES string of the molecule is CC[C@H]1CC(=O)N(CC)C1. The molecular formula is C8H15NO. The fourth-order valence-electron chi connectivity index (χ4n) is 1.43. The van der Waals surface area contributed by atoms with Gasteiger partial charge in [0.15, 0.2) is 0 Å². The highest BCUT2D eigenvalue weighted by atomic mass is 16.2. The predicted octanol–water partition coefficient (Wildman–Crippen LogP) is 1.26. The standard InChI is InChI=1S/C8H15NO/c1-3-7-5-8(10)9(4-2)6-7/h7H,3-6H2,1-2H3/t7-/m0/s1. The molecule has 2 nitrogen and oxygen atoms in total. The van der Waals surface area contributed by atoms with Gasteiger partial charge in [-0.2, -0.15) is 0 Å². The predicted molar refractivity (Wildman–Crippen MR) is 40.7 cm³/mol. The Balaban J connectivity index is 2.44. The van der Waals surface area contributed by atoms with E-state index in [0.717, 1.165) is 25.9 Å². The van der Waals surface area contributed by atoms with E-state index in [0.29, 0.717) is 11.8 Å². The highest BCUT2D eigenvalue weighted by molar-refractivity contribution is 5.78. The van der Waals surface area contributed by atoms with Gasteiger partial charge in [0, 0.05) is 19.5 Å². The van der Waals surface area contributed by atoms with Crippen LogP contribution in [0.1, 0.15) is 26.7 Å². The second kappa shape index (κ2) is 3.04. The molecule has 10 heavy (non-hydrogen) atoms. The molecule has 0 spiro atoms. The highest BCUT2D eigenvalue weighted by Crippen LogP contribution is 2.19. The van der Waals surface area contributed by atoms with E-state index in [2.05, 4.69) is 6.92 Å². The summed E-state index contributed by atoms with van der Waals surface area (Å²) in [5.74, 6) is 0.974. The fraction of sp³-hybridized carbons (Fsp3) is 0.875. The van der Waals surface area contributed by atoms with Crippen LogP contribution >= 0.6 is 0 Å². The van der Waals surface area contributed by atoms with Crippen molar-refractivity contribution in [3.05, 3.63) is 0 Å². The lowest BCUT2D eigenvalue weighted by Crippen LogP contribution is -2.24. The summed E-state index contributed by atoms with van der Waals surface area (Å²) < 4.78 is 0. The second-order valence-corrected chi connectivity index (χ2v) is 2.91. The molecule has 0 aromatic heterocycles. The minimum Gasteiger partial charge on any atom is -0.343 e. The van der Waals surface area contributed by atoms with Crippen molar-refractivity contribution in [1.82, 2.24) is 4.90 Å². The van der Waals surface area contributed by atoms with E-state index in [9.17, 15) is 4.79 Å². The van der Waals surface area contributed by atoms with Crippen LogP contribution in [0.2, 0.25) is 0 Å². The van der Waals surface area contributed by atoms with Crippen molar-refractivity contribution in [2.45, 2.75) is 26.7 Å². The molecule has 1 fully saturated rings. The van der Waals surface area contributed by atoms with Crippen molar-refractivity contribution in [2.24, 2.45) is 5.92 Å². The third-order valence-corrected chi connectivity index (χ3v) is 2.25. The molecule has 1 atom stereocenters. The zero-order valence-electron chi connectivity index (χ0n) is 6.76. The molecule has 1 rings (SSSR count). The van der Waals surface area contributed by atoms with Gasteiger partial charge < -0.3 is 4.90 Å². The Hall–Kier alpha value is -0.530. The van der Waals surface area contributed by atoms with Crippen molar-refractivity contribution in [2.75, 3.05) is 13.1 Å². The molecule has 0 unspecified atom stereocenters. The number of carbonyl (C=O) groups excluding carboxylic acids is 1. The van der Waals surface area contributed by atoms with Gasteiger partial charge in [0.1, 0.15) is 0 Å². The van der Waals surface area contributed by atoms with Crippen molar-refractivity contribution in [3.63, 3.8) is 0 Å². The van der Waals surface area contributed by atoms with E-state index < -0.39 is 0 Å². The van der Waals surface area contributed by atoms with Gasteiger partial charge in [-0.25, -0.2) is 0 Å². The zero-order chi connectivity index (χ0) is 7.56. The quantitative estimate of drug-likeness (QED) is 0.567. The van der Waals surface area contributed by atoms with Crippen LogP contribution in [0.25, 0.3) is 0 Å². The maximum atomic E-state index is 11.1. The first-order valence-electron chi connectivity index (χ1n) is 4.05. The molecule has 1 heterocycles. The molecule has 1 saturated heterocycles. The summed E-state index contributed by atoms with van der Waals surface area (Å²) >= 11 is 0. The van der Waals surface area contributed by atoms with E-state index in [4.69, 9.17) is 0 Å². The van der Waals surface area contributed by atoms with Crippen LogP contribution in [0.3, 0.4) is 0 Å². The number of carbonyl (C=O) groups is 1. The van der Waals surface area contributed by atoms with Crippen LogP contribution in [0.5, 0.6) is 0 Å². The average molecular weight is 141 g/mol. The van der Waals surface area contributed by atoms with Gasteiger partial charge in [0.2, 0.25) is 5.91 Å². The van der Waals surface area contributed by atoms with Crippen molar-refractivity contribution in [3.8, 4) is 0 Å². The number of nitrogens with zero attached hydrogens (tertiary/aromatic N) is 1.